The molecule has 0 aliphatic rings. The number of hydrogen-bond donors (Lipinski definition) is 2. The second-order valence-corrected chi connectivity index (χ2v) is 10.2. The van der Waals surface area contributed by atoms with Crippen LogP contribution >= 0.6 is 0 Å². The van der Waals surface area contributed by atoms with Gasteiger partial charge in [-0.1, -0.05) is 26.2 Å². The molecule has 0 saturated heterocycles. The van der Waals surface area contributed by atoms with E-state index in [4.69, 9.17) is 23.7 Å². The van der Waals surface area contributed by atoms with Crippen molar-refractivity contribution in [2.24, 2.45) is 0 Å². The Bertz CT molecular complexity index is 1190. The summed E-state index contributed by atoms with van der Waals surface area (Å²) in [6.07, 6.45) is 3.16. The minimum Gasteiger partial charge on any atom is -0.494 e. The monoisotopic (exact) mass is 609 g/mol. The van der Waals surface area contributed by atoms with Crippen molar-refractivity contribution in [1.82, 2.24) is 0 Å². The second kappa shape index (κ2) is 18.4. The Morgan fingerprint density at radius 3 is 1.41 bits per heavy atom. The molecule has 0 bridgehead atoms. The number of ether oxygens (including phenoxy) is 5. The summed E-state index contributed by atoms with van der Waals surface area (Å²) in [5.74, 6) is 0.928. The molecule has 2 N–H and O–H groups in total. The fourth-order valence-electron chi connectivity index (χ4n) is 4.26. The first-order valence-corrected chi connectivity index (χ1v) is 14.9. The molecule has 0 aromatic heterocycles. The van der Waals surface area contributed by atoms with Crippen LogP contribution in [-0.2, 0) is 19.1 Å². The molecule has 10 heteroatoms. The van der Waals surface area contributed by atoms with E-state index in [9.17, 15) is 19.8 Å². The fraction of sp³-hybridized carbons (Fsp3) is 0.412. The van der Waals surface area contributed by atoms with Crippen molar-refractivity contribution >= 4 is 29.0 Å². The Morgan fingerprint density at radius 1 is 0.636 bits per heavy atom. The number of carbonyl (C=O) groups is 2. The Morgan fingerprint density at radius 2 is 1.05 bits per heavy atom. The minimum atomic E-state index is -0.688. The van der Waals surface area contributed by atoms with Crippen molar-refractivity contribution in [1.29, 1.82) is 0 Å². The average molecular weight is 610 g/mol. The number of nitrogens with zero attached hydrogens (tertiary/aromatic N) is 1. The predicted octanol–water partition coefficient (Wildman–Crippen LogP) is 5.72. The van der Waals surface area contributed by atoms with Crippen LogP contribution in [0.3, 0.4) is 0 Å². The molecule has 238 valence electrons. The van der Waals surface area contributed by atoms with Crippen molar-refractivity contribution < 1.29 is 43.5 Å². The van der Waals surface area contributed by atoms with E-state index in [0.29, 0.717) is 18.1 Å². The average Bonchev–Trinajstić information content (AvgIpc) is 3.03. The summed E-state index contributed by atoms with van der Waals surface area (Å²) in [7, 11) is 0. The van der Waals surface area contributed by atoms with E-state index in [0.717, 1.165) is 35.7 Å². The van der Waals surface area contributed by atoms with E-state index in [1.807, 2.05) is 53.4 Å². The minimum absolute atomic E-state index is 0.0564. The number of anilines is 3. The van der Waals surface area contributed by atoms with Crippen LogP contribution in [-0.4, -0.2) is 67.4 Å². The first kappa shape index (κ1) is 34.2. The number of aliphatic hydroxyl groups excluding tert-OH is 2. The number of unbranched alkanes of at least 4 members (excludes halogenated alkanes) is 3. The number of carbonyl (C=O) groups excluding carboxylic acids is 2. The van der Waals surface area contributed by atoms with Gasteiger partial charge < -0.3 is 38.8 Å². The van der Waals surface area contributed by atoms with E-state index < -0.39 is 24.1 Å². The molecule has 0 radical (unpaired) electrons. The zero-order chi connectivity index (χ0) is 31.7. The summed E-state index contributed by atoms with van der Waals surface area (Å²) < 4.78 is 27.5. The zero-order valence-electron chi connectivity index (χ0n) is 25.6. The molecule has 2 unspecified atom stereocenters. The molecule has 0 fully saturated rings. The topological polar surface area (TPSA) is 124 Å². The standard InChI is InChI=1S/C34H43NO9/c1-4-5-6-7-20-40-30-14-8-27(9-15-30)35(28-10-16-31(17-11-28)43-33(21-36)23-41-25(2)38)29-12-18-32(19-13-29)44-34(22-37)24-42-26(3)39/h8-19,33-34,36-37H,4-7,20-24H2,1-3H3. The molecule has 44 heavy (non-hydrogen) atoms. The molecule has 0 saturated carbocycles. The molecule has 0 aliphatic carbocycles. The first-order valence-electron chi connectivity index (χ1n) is 14.9. The number of benzene rings is 3. The third kappa shape index (κ3) is 11.4. The highest BCUT2D eigenvalue weighted by Gasteiger charge is 2.17. The summed E-state index contributed by atoms with van der Waals surface area (Å²) in [6, 6.07) is 22.5. The smallest absolute Gasteiger partial charge is 0.302 e. The summed E-state index contributed by atoms with van der Waals surface area (Å²) in [5.41, 5.74) is 2.56. The quantitative estimate of drug-likeness (QED) is 0.129. The molecule has 10 nitrogen and oxygen atoms in total. The largest absolute Gasteiger partial charge is 0.494 e. The maximum atomic E-state index is 11.1. The molecule has 0 amide bonds. The van der Waals surface area contributed by atoms with Gasteiger partial charge in [-0.05, 0) is 79.2 Å². The van der Waals surface area contributed by atoms with Crippen LogP contribution in [0.4, 0.5) is 17.1 Å². The molecule has 2 atom stereocenters. The summed E-state index contributed by atoms with van der Waals surface area (Å²) in [4.78, 5) is 24.3. The highest BCUT2D eigenvalue weighted by atomic mass is 16.6. The summed E-state index contributed by atoms with van der Waals surface area (Å²) in [6.45, 7) is 4.74. The molecule has 0 heterocycles. The third-order valence-corrected chi connectivity index (χ3v) is 6.51. The third-order valence-electron chi connectivity index (χ3n) is 6.51. The van der Waals surface area contributed by atoms with Crippen LogP contribution in [0.1, 0.15) is 46.5 Å². The van der Waals surface area contributed by atoms with Gasteiger partial charge in [0.2, 0.25) is 0 Å². The van der Waals surface area contributed by atoms with E-state index in [-0.39, 0.29) is 26.4 Å². The fourth-order valence-corrected chi connectivity index (χ4v) is 4.26. The Balaban J connectivity index is 1.82. The lowest BCUT2D eigenvalue weighted by atomic mass is 10.1. The Hall–Kier alpha value is -4.28. The molecular formula is C34H43NO9. The van der Waals surface area contributed by atoms with Crippen molar-refractivity contribution in [3.05, 3.63) is 72.8 Å². The second-order valence-electron chi connectivity index (χ2n) is 10.2. The van der Waals surface area contributed by atoms with Gasteiger partial charge in [0, 0.05) is 30.9 Å². The number of esters is 2. The Labute approximate surface area is 259 Å². The van der Waals surface area contributed by atoms with Gasteiger partial charge in [-0.3, -0.25) is 9.59 Å². The Kier molecular flexibility index (Phi) is 14.3. The van der Waals surface area contributed by atoms with Gasteiger partial charge in [0.25, 0.3) is 0 Å². The van der Waals surface area contributed by atoms with Crippen molar-refractivity contribution in [3.8, 4) is 17.2 Å². The number of rotatable bonds is 19. The first-order chi connectivity index (χ1) is 21.3. The van der Waals surface area contributed by atoms with Gasteiger partial charge in [0.05, 0.1) is 19.8 Å². The van der Waals surface area contributed by atoms with E-state index in [1.165, 1.54) is 26.7 Å². The van der Waals surface area contributed by atoms with Gasteiger partial charge in [0.15, 0.2) is 12.2 Å². The molecule has 0 aliphatic heterocycles. The molecular weight excluding hydrogens is 566 g/mol. The maximum absolute atomic E-state index is 11.1. The molecule has 3 aromatic rings. The summed E-state index contributed by atoms with van der Waals surface area (Å²) in [5, 5.41) is 19.2. The van der Waals surface area contributed by atoms with Gasteiger partial charge in [0.1, 0.15) is 30.5 Å². The van der Waals surface area contributed by atoms with Gasteiger partial charge in [-0.2, -0.15) is 0 Å². The number of hydrogen-bond acceptors (Lipinski definition) is 10. The van der Waals surface area contributed by atoms with Crippen LogP contribution in [0.2, 0.25) is 0 Å². The van der Waals surface area contributed by atoms with Gasteiger partial charge in [-0.25, -0.2) is 0 Å². The van der Waals surface area contributed by atoms with Gasteiger partial charge >= 0.3 is 11.9 Å². The van der Waals surface area contributed by atoms with Crippen LogP contribution in [0.5, 0.6) is 17.2 Å². The number of aliphatic hydroxyl groups is 2. The highest BCUT2D eigenvalue weighted by molar-refractivity contribution is 5.77. The molecule has 0 spiro atoms. The van der Waals surface area contributed by atoms with Crippen LogP contribution < -0.4 is 19.1 Å². The van der Waals surface area contributed by atoms with E-state index >= 15 is 0 Å². The van der Waals surface area contributed by atoms with Gasteiger partial charge in [-0.15, -0.1) is 0 Å². The lowest BCUT2D eigenvalue weighted by molar-refractivity contribution is -0.144. The lowest BCUT2D eigenvalue weighted by Gasteiger charge is -2.26. The van der Waals surface area contributed by atoms with Crippen molar-refractivity contribution in [3.63, 3.8) is 0 Å². The van der Waals surface area contributed by atoms with Crippen molar-refractivity contribution in [2.75, 3.05) is 37.9 Å². The molecule has 3 rings (SSSR count). The highest BCUT2D eigenvalue weighted by Crippen LogP contribution is 2.37. The van der Waals surface area contributed by atoms with Crippen LogP contribution in [0, 0.1) is 0 Å². The normalized spacial score (nSPS) is 12.1. The van der Waals surface area contributed by atoms with E-state index in [2.05, 4.69) is 6.92 Å². The lowest BCUT2D eigenvalue weighted by Crippen LogP contribution is -2.28. The van der Waals surface area contributed by atoms with E-state index in [1.54, 1.807) is 24.3 Å². The zero-order valence-corrected chi connectivity index (χ0v) is 25.6. The van der Waals surface area contributed by atoms with Crippen molar-refractivity contribution in [2.45, 2.75) is 58.7 Å². The molecule has 3 aromatic carbocycles. The maximum Gasteiger partial charge on any atom is 0.302 e. The SMILES string of the molecule is CCCCCCOc1ccc(N(c2ccc(OC(CO)COC(C)=O)cc2)c2ccc(OC(CO)COC(C)=O)cc2)cc1. The van der Waals surface area contributed by atoms with Crippen LogP contribution in [0.25, 0.3) is 0 Å². The predicted molar refractivity (Wildman–Crippen MR) is 167 cm³/mol. The summed E-state index contributed by atoms with van der Waals surface area (Å²) >= 11 is 0. The van der Waals surface area contributed by atoms with Crippen LogP contribution in [0.15, 0.2) is 72.8 Å².